The monoisotopic (exact) mass is 691 g/mol. The third-order valence-corrected chi connectivity index (χ3v) is 9.14. The van der Waals surface area contributed by atoms with Crippen LogP contribution in [0.2, 0.25) is 0 Å². The number of sulfonamides is 1. The number of nitrogens with zero attached hydrogens (tertiary/aromatic N) is 2. The van der Waals surface area contributed by atoms with Crippen LogP contribution in [0, 0.1) is 9.39 Å². The van der Waals surface area contributed by atoms with Gasteiger partial charge in [-0.1, -0.05) is 61.7 Å². The fraction of sp³-hybridized carbons (Fsp3) is 0.355. The molecule has 10 heteroatoms. The minimum Gasteiger partial charge on any atom is -0.352 e. The molecule has 1 aliphatic rings. The number of nitrogens with one attached hydrogen (secondary N) is 1. The first-order valence-electron chi connectivity index (χ1n) is 13.7. The Balaban J connectivity index is 1.71. The van der Waals surface area contributed by atoms with Crippen LogP contribution in [0.1, 0.15) is 43.2 Å². The van der Waals surface area contributed by atoms with Gasteiger partial charge in [0.1, 0.15) is 18.4 Å². The van der Waals surface area contributed by atoms with Crippen LogP contribution in [0.5, 0.6) is 0 Å². The molecule has 3 aromatic rings. The maximum atomic E-state index is 14.1. The summed E-state index contributed by atoms with van der Waals surface area (Å²) in [5.74, 6) is -1.22. The predicted molar refractivity (Wildman–Crippen MR) is 167 cm³/mol. The number of benzene rings is 3. The van der Waals surface area contributed by atoms with Crippen molar-refractivity contribution in [2.24, 2.45) is 0 Å². The normalized spacial score (nSPS) is 14.7. The van der Waals surface area contributed by atoms with Gasteiger partial charge < -0.3 is 10.2 Å². The van der Waals surface area contributed by atoms with Crippen molar-refractivity contribution < 1.29 is 22.4 Å². The summed E-state index contributed by atoms with van der Waals surface area (Å²) in [6.07, 6.45) is 6.26. The summed E-state index contributed by atoms with van der Waals surface area (Å²) in [5.41, 5.74) is 1.85. The maximum Gasteiger partial charge on any atom is 0.244 e. The van der Waals surface area contributed by atoms with Crippen LogP contribution in [0.15, 0.2) is 78.9 Å². The SMILES string of the molecule is CS(=O)(=O)N(CC(=O)N(Cc1ccc(F)cc1)[C@H](Cc1ccccc1)C(=O)NC1CCCCC1)c1ccc(I)cc1. The first kappa shape index (κ1) is 31.0. The molecule has 3 aromatic carbocycles. The Labute approximate surface area is 255 Å². The van der Waals surface area contributed by atoms with Gasteiger partial charge in [-0.3, -0.25) is 13.9 Å². The van der Waals surface area contributed by atoms with Crippen LogP contribution in [0.3, 0.4) is 0 Å². The van der Waals surface area contributed by atoms with Crippen molar-refractivity contribution in [2.75, 3.05) is 17.1 Å². The Hall–Kier alpha value is -2.99. The topological polar surface area (TPSA) is 86.8 Å². The summed E-state index contributed by atoms with van der Waals surface area (Å²) in [6, 6.07) is 21.1. The van der Waals surface area contributed by atoms with Gasteiger partial charge in [0.05, 0.1) is 11.9 Å². The number of hydrogen-bond donors (Lipinski definition) is 1. The van der Waals surface area contributed by atoms with Crippen LogP contribution in [0.4, 0.5) is 10.1 Å². The molecule has 0 heterocycles. The average molecular weight is 692 g/mol. The number of carbonyl (C=O) groups is 2. The van der Waals surface area contributed by atoms with Crippen molar-refractivity contribution in [2.45, 2.75) is 57.2 Å². The van der Waals surface area contributed by atoms with Gasteiger partial charge in [0.2, 0.25) is 21.8 Å². The van der Waals surface area contributed by atoms with E-state index in [0.717, 1.165) is 51.8 Å². The standard InChI is InChI=1S/C31H35FIN3O4S/c1-41(39,40)36(28-18-16-26(33)17-19-28)22-30(37)35(21-24-12-14-25(32)15-13-24)29(20-23-8-4-2-5-9-23)31(38)34-27-10-6-3-7-11-27/h2,4-5,8-9,12-19,27,29H,3,6-7,10-11,20-22H2,1H3,(H,34,38)/t29-/m1/s1. The zero-order valence-corrected chi connectivity index (χ0v) is 26.0. The van der Waals surface area contributed by atoms with E-state index < -0.39 is 34.3 Å². The molecule has 0 unspecified atom stereocenters. The molecule has 1 atom stereocenters. The van der Waals surface area contributed by atoms with Gasteiger partial charge in [-0.2, -0.15) is 0 Å². The van der Waals surface area contributed by atoms with Crippen LogP contribution < -0.4 is 9.62 Å². The van der Waals surface area contributed by atoms with E-state index in [4.69, 9.17) is 0 Å². The number of anilines is 1. The lowest BCUT2D eigenvalue weighted by Crippen LogP contribution is -2.55. The van der Waals surface area contributed by atoms with Crippen molar-refractivity contribution >= 4 is 50.1 Å². The summed E-state index contributed by atoms with van der Waals surface area (Å²) in [7, 11) is -3.83. The van der Waals surface area contributed by atoms with E-state index in [-0.39, 0.29) is 24.9 Å². The molecule has 0 spiro atoms. The van der Waals surface area contributed by atoms with E-state index in [2.05, 4.69) is 27.9 Å². The van der Waals surface area contributed by atoms with Crippen LogP contribution in [0.25, 0.3) is 0 Å². The second kappa shape index (κ2) is 14.3. The Morgan fingerprint density at radius 3 is 2.17 bits per heavy atom. The van der Waals surface area contributed by atoms with Crippen molar-refractivity contribution in [1.29, 1.82) is 0 Å². The van der Waals surface area contributed by atoms with E-state index in [9.17, 15) is 22.4 Å². The first-order chi connectivity index (χ1) is 19.6. The van der Waals surface area contributed by atoms with Gasteiger partial charge in [0.25, 0.3) is 0 Å². The fourth-order valence-electron chi connectivity index (χ4n) is 5.11. The lowest BCUT2D eigenvalue weighted by molar-refractivity contribution is -0.140. The Kier molecular flexibility index (Phi) is 10.8. The highest BCUT2D eigenvalue weighted by Gasteiger charge is 2.34. The lowest BCUT2D eigenvalue weighted by Gasteiger charge is -2.35. The molecule has 1 fully saturated rings. The highest BCUT2D eigenvalue weighted by Crippen LogP contribution is 2.23. The number of halogens is 2. The molecule has 2 amide bonds. The van der Waals surface area contributed by atoms with Gasteiger partial charge in [-0.05, 0) is 83.0 Å². The van der Waals surface area contributed by atoms with Gasteiger partial charge in [0.15, 0.2) is 0 Å². The van der Waals surface area contributed by atoms with Crippen LogP contribution in [-0.2, 0) is 32.6 Å². The molecule has 1 saturated carbocycles. The van der Waals surface area contributed by atoms with E-state index in [1.165, 1.54) is 17.0 Å². The molecule has 0 radical (unpaired) electrons. The van der Waals surface area contributed by atoms with Crippen LogP contribution >= 0.6 is 22.6 Å². The summed E-state index contributed by atoms with van der Waals surface area (Å²) < 4.78 is 41.4. The molecule has 0 aliphatic heterocycles. The van der Waals surface area contributed by atoms with Gasteiger partial charge in [0, 0.05) is 22.6 Å². The molecule has 0 aromatic heterocycles. The second-order valence-corrected chi connectivity index (χ2v) is 13.6. The number of rotatable bonds is 11. The lowest BCUT2D eigenvalue weighted by atomic mass is 9.94. The summed E-state index contributed by atoms with van der Waals surface area (Å²) in [4.78, 5) is 29.4. The van der Waals surface area contributed by atoms with Gasteiger partial charge in [-0.25, -0.2) is 12.8 Å². The highest BCUT2D eigenvalue weighted by molar-refractivity contribution is 14.1. The second-order valence-electron chi connectivity index (χ2n) is 10.4. The molecule has 1 aliphatic carbocycles. The molecule has 218 valence electrons. The number of carbonyl (C=O) groups excluding carboxylic acids is 2. The zero-order chi connectivity index (χ0) is 29.4. The Morgan fingerprint density at radius 1 is 0.927 bits per heavy atom. The van der Waals surface area contributed by atoms with E-state index in [0.29, 0.717) is 11.3 Å². The Morgan fingerprint density at radius 2 is 1.56 bits per heavy atom. The molecule has 4 rings (SSSR count). The third kappa shape index (κ3) is 9.00. The van der Waals surface area contributed by atoms with Crippen molar-refractivity contribution in [3.8, 4) is 0 Å². The molecular weight excluding hydrogens is 656 g/mol. The van der Waals surface area contributed by atoms with Crippen molar-refractivity contribution in [3.05, 3.63) is 99.4 Å². The summed E-state index contributed by atoms with van der Waals surface area (Å²) in [5, 5.41) is 3.17. The number of hydrogen-bond acceptors (Lipinski definition) is 4. The maximum absolute atomic E-state index is 14.1. The average Bonchev–Trinajstić information content (AvgIpc) is 2.95. The highest BCUT2D eigenvalue weighted by atomic mass is 127. The molecule has 1 N–H and O–H groups in total. The minimum absolute atomic E-state index is 0.0129. The summed E-state index contributed by atoms with van der Waals surface area (Å²) >= 11 is 2.13. The van der Waals surface area contributed by atoms with E-state index in [1.54, 1.807) is 36.4 Å². The van der Waals surface area contributed by atoms with Crippen molar-refractivity contribution in [3.63, 3.8) is 0 Å². The van der Waals surface area contributed by atoms with E-state index in [1.807, 2.05) is 30.3 Å². The summed E-state index contributed by atoms with van der Waals surface area (Å²) in [6.45, 7) is -0.471. The first-order valence-corrected chi connectivity index (χ1v) is 16.6. The minimum atomic E-state index is -3.83. The quantitative estimate of drug-likeness (QED) is 0.277. The Bertz CT molecular complexity index is 1410. The van der Waals surface area contributed by atoms with Gasteiger partial charge >= 0.3 is 0 Å². The van der Waals surface area contributed by atoms with Gasteiger partial charge in [-0.15, -0.1) is 0 Å². The number of amides is 2. The van der Waals surface area contributed by atoms with Crippen molar-refractivity contribution in [1.82, 2.24) is 10.2 Å². The molecule has 0 saturated heterocycles. The fourth-order valence-corrected chi connectivity index (χ4v) is 6.32. The smallest absolute Gasteiger partial charge is 0.244 e. The predicted octanol–water partition coefficient (Wildman–Crippen LogP) is 5.29. The molecule has 0 bridgehead atoms. The van der Waals surface area contributed by atoms with E-state index >= 15 is 0 Å². The third-order valence-electron chi connectivity index (χ3n) is 7.28. The largest absolute Gasteiger partial charge is 0.352 e. The zero-order valence-electron chi connectivity index (χ0n) is 23.0. The van der Waals surface area contributed by atoms with Crippen LogP contribution in [-0.4, -0.2) is 50.0 Å². The molecule has 41 heavy (non-hydrogen) atoms. The molecule has 7 nitrogen and oxygen atoms in total. The molecular formula is C31H35FIN3O4S.